The standard InChI is InChI=1S/C25H20S2/c1-14-4-6-16-12-22-20(10-18(16)8-14)23-24(26-22)21-11-19-9-15(2)5-7-17(19)13-25(21,3)27-23/h4-12H,13H2,1-3H3. The molecule has 1 aliphatic carbocycles. The Bertz CT molecular complexity index is 1310. The van der Waals surface area contributed by atoms with Gasteiger partial charge < -0.3 is 0 Å². The molecule has 27 heavy (non-hydrogen) atoms. The van der Waals surface area contributed by atoms with Gasteiger partial charge in [0.05, 0.1) is 0 Å². The van der Waals surface area contributed by atoms with Crippen molar-refractivity contribution >= 4 is 55.6 Å². The molecule has 0 nitrogen and oxygen atoms in total. The van der Waals surface area contributed by atoms with E-state index in [-0.39, 0.29) is 4.75 Å². The maximum absolute atomic E-state index is 2.46. The Labute approximate surface area is 167 Å². The number of aryl methyl sites for hydroxylation is 2. The lowest BCUT2D eigenvalue weighted by Gasteiger charge is -2.30. The second-order valence-electron chi connectivity index (χ2n) is 8.23. The highest BCUT2D eigenvalue weighted by Gasteiger charge is 2.43. The number of benzene rings is 3. The molecule has 132 valence electrons. The van der Waals surface area contributed by atoms with Crippen LogP contribution in [0.25, 0.3) is 32.5 Å². The Balaban J connectivity index is 1.61. The van der Waals surface area contributed by atoms with E-state index in [1.807, 2.05) is 11.3 Å². The molecule has 0 amide bonds. The molecular formula is C25H20S2. The minimum absolute atomic E-state index is 0.166. The van der Waals surface area contributed by atoms with Gasteiger partial charge in [-0.15, -0.1) is 23.1 Å². The van der Waals surface area contributed by atoms with Crippen LogP contribution in [0.15, 0.2) is 53.4 Å². The molecular weight excluding hydrogens is 364 g/mol. The number of fused-ring (bicyclic) bond motifs is 7. The number of thioether (sulfide) groups is 1. The third-order valence-electron chi connectivity index (χ3n) is 6.03. The van der Waals surface area contributed by atoms with Crippen molar-refractivity contribution in [3.05, 3.63) is 75.7 Å². The molecule has 2 heteroatoms. The molecule has 2 aliphatic rings. The van der Waals surface area contributed by atoms with Gasteiger partial charge in [0.2, 0.25) is 0 Å². The van der Waals surface area contributed by atoms with E-state index < -0.39 is 0 Å². The molecule has 3 aromatic carbocycles. The van der Waals surface area contributed by atoms with Gasteiger partial charge >= 0.3 is 0 Å². The highest BCUT2D eigenvalue weighted by atomic mass is 32.2. The molecule has 2 heterocycles. The molecule has 0 saturated heterocycles. The van der Waals surface area contributed by atoms with Gasteiger partial charge in [0.1, 0.15) is 0 Å². The van der Waals surface area contributed by atoms with Crippen molar-refractivity contribution in [2.24, 2.45) is 0 Å². The molecule has 4 aromatic rings. The quantitative estimate of drug-likeness (QED) is 0.300. The molecule has 6 rings (SSSR count). The third kappa shape index (κ3) is 2.23. The van der Waals surface area contributed by atoms with Gasteiger partial charge in [-0.25, -0.2) is 0 Å². The number of hydrogen-bond acceptors (Lipinski definition) is 2. The van der Waals surface area contributed by atoms with Crippen LogP contribution in [0.4, 0.5) is 0 Å². The summed E-state index contributed by atoms with van der Waals surface area (Å²) in [4.78, 5) is 2.99. The topological polar surface area (TPSA) is 0 Å². The summed E-state index contributed by atoms with van der Waals surface area (Å²) in [5.74, 6) is 0. The van der Waals surface area contributed by atoms with Gasteiger partial charge in [0.15, 0.2) is 0 Å². The Morgan fingerprint density at radius 2 is 1.70 bits per heavy atom. The van der Waals surface area contributed by atoms with Crippen LogP contribution < -0.4 is 0 Å². The Morgan fingerprint density at radius 3 is 2.59 bits per heavy atom. The smallest absolute Gasteiger partial charge is 0.0483 e. The molecule has 1 aliphatic heterocycles. The first-order chi connectivity index (χ1) is 13.0. The van der Waals surface area contributed by atoms with Crippen LogP contribution in [-0.2, 0) is 6.42 Å². The number of thiophene rings is 1. The maximum atomic E-state index is 2.46. The predicted octanol–water partition coefficient (Wildman–Crippen LogP) is 7.63. The van der Waals surface area contributed by atoms with Crippen LogP contribution in [0.5, 0.6) is 0 Å². The third-order valence-corrected chi connectivity index (χ3v) is 8.79. The van der Waals surface area contributed by atoms with E-state index in [1.165, 1.54) is 58.5 Å². The number of rotatable bonds is 0. The van der Waals surface area contributed by atoms with Crippen molar-refractivity contribution in [1.82, 2.24) is 0 Å². The van der Waals surface area contributed by atoms with E-state index in [0.717, 1.165) is 6.42 Å². The molecule has 1 aromatic heterocycles. The van der Waals surface area contributed by atoms with E-state index >= 15 is 0 Å². The average Bonchev–Trinajstić information content (AvgIpc) is 3.10. The second kappa shape index (κ2) is 5.27. The summed E-state index contributed by atoms with van der Waals surface area (Å²) in [6.45, 7) is 6.79. The molecule has 0 bridgehead atoms. The van der Waals surface area contributed by atoms with Crippen LogP contribution in [0.2, 0.25) is 0 Å². The Kier molecular flexibility index (Phi) is 3.12. The molecule has 1 atom stereocenters. The van der Waals surface area contributed by atoms with E-state index in [0.29, 0.717) is 0 Å². The van der Waals surface area contributed by atoms with Crippen LogP contribution in [0, 0.1) is 13.8 Å². The molecule has 0 saturated carbocycles. The van der Waals surface area contributed by atoms with Crippen molar-refractivity contribution in [3.8, 4) is 0 Å². The Hall–Kier alpha value is -2.03. The van der Waals surface area contributed by atoms with Crippen LogP contribution in [0.3, 0.4) is 0 Å². The van der Waals surface area contributed by atoms with Crippen molar-refractivity contribution in [3.63, 3.8) is 0 Å². The lowest BCUT2D eigenvalue weighted by Crippen LogP contribution is -2.24. The van der Waals surface area contributed by atoms with Gasteiger partial charge in [-0.1, -0.05) is 47.5 Å². The summed E-state index contributed by atoms with van der Waals surface area (Å²) in [6, 6.07) is 18.5. The summed E-state index contributed by atoms with van der Waals surface area (Å²) in [5, 5.41) is 4.14. The summed E-state index contributed by atoms with van der Waals surface area (Å²) in [7, 11) is 0. The fraction of sp³-hybridized carbons (Fsp3) is 0.200. The first kappa shape index (κ1) is 16.0. The van der Waals surface area contributed by atoms with Crippen molar-refractivity contribution in [2.45, 2.75) is 36.8 Å². The van der Waals surface area contributed by atoms with E-state index in [2.05, 4.69) is 87.1 Å². The predicted molar refractivity (Wildman–Crippen MR) is 121 cm³/mol. The Morgan fingerprint density at radius 1 is 0.889 bits per heavy atom. The zero-order valence-corrected chi connectivity index (χ0v) is 17.4. The van der Waals surface area contributed by atoms with Gasteiger partial charge in [-0.05, 0) is 72.9 Å². The summed E-state index contributed by atoms with van der Waals surface area (Å²) >= 11 is 4.06. The van der Waals surface area contributed by atoms with Crippen molar-refractivity contribution < 1.29 is 0 Å². The van der Waals surface area contributed by atoms with Gasteiger partial charge in [0, 0.05) is 24.6 Å². The monoisotopic (exact) mass is 384 g/mol. The zero-order valence-electron chi connectivity index (χ0n) is 15.7. The van der Waals surface area contributed by atoms with E-state index in [4.69, 9.17) is 0 Å². The van der Waals surface area contributed by atoms with E-state index in [9.17, 15) is 0 Å². The number of hydrogen-bond donors (Lipinski definition) is 0. The largest absolute Gasteiger partial charge is 0.134 e. The molecule has 0 N–H and O–H groups in total. The van der Waals surface area contributed by atoms with Gasteiger partial charge in [0.25, 0.3) is 0 Å². The fourth-order valence-electron chi connectivity index (χ4n) is 4.61. The summed E-state index contributed by atoms with van der Waals surface area (Å²) in [5.41, 5.74) is 7.10. The van der Waals surface area contributed by atoms with Crippen LogP contribution >= 0.6 is 23.1 Å². The van der Waals surface area contributed by atoms with Gasteiger partial charge in [-0.3, -0.25) is 0 Å². The van der Waals surface area contributed by atoms with Crippen LogP contribution in [0.1, 0.15) is 34.1 Å². The van der Waals surface area contributed by atoms with Gasteiger partial charge in [-0.2, -0.15) is 0 Å². The van der Waals surface area contributed by atoms with Crippen LogP contribution in [-0.4, -0.2) is 4.75 Å². The zero-order chi connectivity index (χ0) is 18.3. The first-order valence-corrected chi connectivity index (χ1v) is 11.1. The molecule has 0 fully saturated rings. The lowest BCUT2D eigenvalue weighted by molar-refractivity contribution is 0.804. The second-order valence-corrected chi connectivity index (χ2v) is 10.8. The normalized spacial score (nSPS) is 20.5. The minimum atomic E-state index is 0.166. The molecule has 1 unspecified atom stereocenters. The minimum Gasteiger partial charge on any atom is -0.134 e. The highest BCUT2D eigenvalue weighted by molar-refractivity contribution is 8.02. The fourth-order valence-corrected chi connectivity index (χ4v) is 7.70. The SMILES string of the molecule is Cc1ccc2c(c1)C=C1c3sc4cc5ccc(C)cc5cc4c3SC1(C)C2. The maximum Gasteiger partial charge on any atom is 0.0483 e. The molecule has 0 spiro atoms. The summed E-state index contributed by atoms with van der Waals surface area (Å²) in [6.07, 6.45) is 3.58. The molecule has 0 radical (unpaired) electrons. The summed E-state index contributed by atoms with van der Waals surface area (Å²) < 4.78 is 1.58. The average molecular weight is 385 g/mol. The highest BCUT2D eigenvalue weighted by Crippen LogP contribution is 2.61. The first-order valence-electron chi connectivity index (χ1n) is 9.48. The lowest BCUT2D eigenvalue weighted by atomic mass is 9.83. The van der Waals surface area contributed by atoms with E-state index in [1.54, 1.807) is 0 Å². The van der Waals surface area contributed by atoms with Crippen molar-refractivity contribution in [1.29, 1.82) is 0 Å². The van der Waals surface area contributed by atoms with Crippen molar-refractivity contribution in [2.75, 3.05) is 0 Å².